The predicted octanol–water partition coefficient (Wildman–Crippen LogP) is 5.18. The minimum Gasteiger partial charge on any atom is -0.401 e. The highest BCUT2D eigenvalue weighted by atomic mass is 28.4. The minimum atomic E-state index is -2.95. The lowest BCUT2D eigenvalue weighted by atomic mass is 10.0. The maximum Gasteiger partial charge on any atom is 0.269 e. The maximum atomic E-state index is 12.5. The first-order valence-electron chi connectivity index (χ1n) is 14.5. The van der Waals surface area contributed by atoms with Gasteiger partial charge in [-0.15, -0.1) is 0 Å². The van der Waals surface area contributed by atoms with E-state index < -0.39 is 20.5 Å². The molecule has 0 radical (unpaired) electrons. The van der Waals surface area contributed by atoms with Crippen molar-refractivity contribution < 1.29 is 28.3 Å². The van der Waals surface area contributed by atoms with E-state index in [1.54, 1.807) is 14.2 Å². The molecule has 0 saturated heterocycles. The summed E-state index contributed by atoms with van der Waals surface area (Å²) in [6.45, 7) is 9.54. The largest absolute Gasteiger partial charge is 0.401 e. The molecule has 0 bridgehead atoms. The van der Waals surface area contributed by atoms with Crippen LogP contribution < -0.4 is 10.4 Å². The Kier molecular flexibility index (Phi) is 12.9. The van der Waals surface area contributed by atoms with Gasteiger partial charge in [0, 0.05) is 20.2 Å². The Morgan fingerprint density at radius 2 is 1.69 bits per heavy atom. The number of benzene rings is 2. The molecular weight excluding hydrogens is 546 g/mol. The van der Waals surface area contributed by atoms with Crippen LogP contribution in [0.25, 0.3) is 0 Å². The molecule has 1 aliphatic heterocycles. The molecule has 0 N–H and O–H groups in total. The van der Waals surface area contributed by atoms with Gasteiger partial charge in [0.15, 0.2) is 0 Å². The van der Waals surface area contributed by atoms with Crippen LogP contribution in [0.15, 0.2) is 96.6 Å². The number of hydrogen-bond acceptors (Lipinski definition) is 6. The predicted molar refractivity (Wildman–Crippen MR) is 170 cm³/mol. The second-order valence-electron chi connectivity index (χ2n) is 11.5. The van der Waals surface area contributed by atoms with Gasteiger partial charge in [0.2, 0.25) is 0 Å². The molecule has 8 heteroatoms. The molecule has 0 aromatic heterocycles. The monoisotopic (exact) mass is 593 g/mol. The van der Waals surface area contributed by atoms with Gasteiger partial charge in [-0.3, -0.25) is 9.63 Å². The SMILES string of the molecule is COCO[C@@H](/C=C/[C@@H]1CC(C)=CCO1)[C@H](C/C=C/C(=O)N(C)OC)O[Si](c1ccccc1)(c1ccccc1)C(C)(C)C. The zero-order valence-corrected chi connectivity index (χ0v) is 27.1. The smallest absolute Gasteiger partial charge is 0.269 e. The van der Waals surface area contributed by atoms with E-state index in [-0.39, 0.29) is 23.8 Å². The number of rotatable bonds is 14. The molecule has 0 saturated carbocycles. The topological polar surface area (TPSA) is 66.5 Å². The normalized spacial score (nSPS) is 17.8. The number of carbonyl (C=O) groups is 1. The van der Waals surface area contributed by atoms with Crippen LogP contribution in [0.5, 0.6) is 0 Å². The number of carbonyl (C=O) groups excluding carboxylic acids is 1. The molecule has 7 nitrogen and oxygen atoms in total. The first-order valence-corrected chi connectivity index (χ1v) is 16.4. The van der Waals surface area contributed by atoms with E-state index in [0.717, 1.165) is 6.42 Å². The van der Waals surface area contributed by atoms with Gasteiger partial charge in [0.1, 0.15) is 12.9 Å². The zero-order valence-electron chi connectivity index (χ0n) is 26.1. The third-order valence-corrected chi connectivity index (χ3v) is 12.5. The fourth-order valence-corrected chi connectivity index (χ4v) is 9.93. The van der Waals surface area contributed by atoms with Gasteiger partial charge in [-0.1, -0.05) is 111 Å². The molecule has 228 valence electrons. The Morgan fingerprint density at radius 1 is 1.07 bits per heavy atom. The van der Waals surface area contributed by atoms with Gasteiger partial charge in [-0.2, -0.15) is 0 Å². The number of amides is 1. The zero-order chi connectivity index (χ0) is 30.6. The first-order chi connectivity index (χ1) is 20.1. The Hall–Kier alpha value is -2.85. The first kappa shape index (κ1) is 33.6. The van der Waals surface area contributed by atoms with Crippen LogP contribution in [0.3, 0.4) is 0 Å². The second kappa shape index (κ2) is 16.1. The van der Waals surface area contributed by atoms with Crippen molar-refractivity contribution in [1.29, 1.82) is 0 Å². The van der Waals surface area contributed by atoms with Gasteiger partial charge in [0.25, 0.3) is 14.2 Å². The molecule has 3 atom stereocenters. The van der Waals surface area contributed by atoms with Crippen LogP contribution >= 0.6 is 0 Å². The minimum absolute atomic E-state index is 0.0513. The number of ether oxygens (including phenoxy) is 3. The summed E-state index contributed by atoms with van der Waals surface area (Å²) < 4.78 is 25.1. The number of methoxy groups -OCH3 is 1. The molecule has 2 aromatic rings. The van der Waals surface area contributed by atoms with Crippen molar-refractivity contribution in [2.24, 2.45) is 0 Å². The lowest BCUT2D eigenvalue weighted by Gasteiger charge is -2.46. The fourth-order valence-electron chi connectivity index (χ4n) is 5.23. The van der Waals surface area contributed by atoms with E-state index >= 15 is 0 Å². The summed E-state index contributed by atoms with van der Waals surface area (Å²) in [5, 5.41) is 3.27. The molecule has 0 fully saturated rings. The summed E-state index contributed by atoms with van der Waals surface area (Å²) in [6.07, 6.45) is 9.83. The van der Waals surface area contributed by atoms with E-state index in [1.165, 1.54) is 34.2 Å². The molecule has 1 aliphatic rings. The standard InChI is InChI=1S/C34H47NO6Si/c1-27-23-24-39-28(25-27)21-22-31(40-26-37-6)32(19-14-20-33(36)35(5)38-7)41-42(34(2,3)4,29-15-10-8-11-16-29)30-17-12-9-13-18-30/h8-18,20-23,28,31-32H,19,24-26H2,1-7H3/b20-14+,22-21+/t28-,31+,32+/m1/s1. The molecule has 3 rings (SSSR count). The number of likely N-dealkylation sites (N-methyl/N-ethyl adjacent to an activating group) is 1. The van der Waals surface area contributed by atoms with Crippen LogP contribution in [0.4, 0.5) is 0 Å². The summed E-state index contributed by atoms with van der Waals surface area (Å²) in [5.41, 5.74) is 1.30. The van der Waals surface area contributed by atoms with E-state index in [9.17, 15) is 4.79 Å². The van der Waals surface area contributed by atoms with Gasteiger partial charge in [-0.25, -0.2) is 5.06 Å². The molecule has 2 aromatic carbocycles. The quantitative estimate of drug-likeness (QED) is 0.0989. The van der Waals surface area contributed by atoms with Crippen molar-refractivity contribution in [3.05, 3.63) is 96.6 Å². The number of nitrogens with zero attached hydrogens (tertiary/aromatic N) is 1. The summed E-state index contributed by atoms with van der Waals surface area (Å²) >= 11 is 0. The Bertz CT molecular complexity index is 1150. The van der Waals surface area contributed by atoms with Crippen molar-refractivity contribution in [3.8, 4) is 0 Å². The summed E-state index contributed by atoms with van der Waals surface area (Å²) in [4.78, 5) is 17.6. The summed E-state index contributed by atoms with van der Waals surface area (Å²) in [5.74, 6) is -0.260. The number of hydrogen-bond donors (Lipinski definition) is 0. The van der Waals surface area contributed by atoms with Crippen molar-refractivity contribution in [2.45, 2.75) is 63.9 Å². The van der Waals surface area contributed by atoms with Crippen LogP contribution in [0, 0.1) is 0 Å². The Morgan fingerprint density at radius 3 is 2.21 bits per heavy atom. The number of hydroxylamine groups is 2. The molecule has 0 aliphatic carbocycles. The van der Waals surface area contributed by atoms with Crippen LogP contribution in [0.1, 0.15) is 40.5 Å². The third-order valence-electron chi connectivity index (χ3n) is 7.48. The van der Waals surface area contributed by atoms with Crippen molar-refractivity contribution in [1.82, 2.24) is 5.06 Å². The highest BCUT2D eigenvalue weighted by Crippen LogP contribution is 2.38. The van der Waals surface area contributed by atoms with Crippen molar-refractivity contribution in [2.75, 3.05) is 34.7 Å². The Balaban J connectivity index is 2.12. The molecule has 42 heavy (non-hydrogen) atoms. The maximum absolute atomic E-state index is 12.5. The average molecular weight is 594 g/mol. The Labute approximate surface area is 252 Å². The lowest BCUT2D eigenvalue weighted by Crippen LogP contribution is -2.68. The third kappa shape index (κ3) is 8.83. The highest BCUT2D eigenvalue weighted by Gasteiger charge is 2.52. The van der Waals surface area contributed by atoms with Gasteiger partial charge < -0.3 is 18.6 Å². The fraction of sp³-hybridized carbons (Fsp3) is 0.441. The van der Waals surface area contributed by atoms with Crippen LogP contribution in [-0.4, -0.2) is 72.3 Å². The van der Waals surface area contributed by atoms with E-state index in [4.69, 9.17) is 23.5 Å². The van der Waals surface area contributed by atoms with Crippen molar-refractivity contribution in [3.63, 3.8) is 0 Å². The van der Waals surface area contributed by atoms with E-state index in [1.807, 2.05) is 24.3 Å². The van der Waals surface area contributed by atoms with Gasteiger partial charge in [0.05, 0.1) is 25.9 Å². The van der Waals surface area contributed by atoms with Gasteiger partial charge in [-0.05, 0) is 35.2 Å². The van der Waals surface area contributed by atoms with Crippen molar-refractivity contribution >= 4 is 24.6 Å². The molecular formula is C34H47NO6Si. The lowest BCUT2D eigenvalue weighted by molar-refractivity contribution is -0.162. The van der Waals surface area contributed by atoms with Crippen LogP contribution in [0.2, 0.25) is 5.04 Å². The summed E-state index contributed by atoms with van der Waals surface area (Å²) in [6, 6.07) is 21.0. The molecule has 0 spiro atoms. The molecule has 1 heterocycles. The molecule has 1 amide bonds. The van der Waals surface area contributed by atoms with Gasteiger partial charge >= 0.3 is 0 Å². The van der Waals surface area contributed by atoms with Crippen LogP contribution in [-0.2, 0) is 28.3 Å². The highest BCUT2D eigenvalue weighted by molar-refractivity contribution is 6.99. The average Bonchev–Trinajstić information content (AvgIpc) is 2.99. The second-order valence-corrected chi connectivity index (χ2v) is 15.8. The van der Waals surface area contributed by atoms with E-state index in [2.05, 4.69) is 88.4 Å². The summed E-state index contributed by atoms with van der Waals surface area (Å²) in [7, 11) is 1.70. The van der Waals surface area contributed by atoms with E-state index in [0.29, 0.717) is 13.0 Å². The molecule has 0 unspecified atom stereocenters.